The molecule has 0 bridgehead atoms. The van der Waals surface area contributed by atoms with Gasteiger partial charge >= 0.3 is 5.97 Å². The summed E-state index contributed by atoms with van der Waals surface area (Å²) in [5, 5.41) is 17.1. The minimum Gasteiger partial charge on any atom is -0.465 e. The molecular weight excluding hydrogens is 476 g/mol. The molecule has 170 valence electrons. The van der Waals surface area contributed by atoms with E-state index in [0.717, 1.165) is 16.8 Å². The first-order chi connectivity index (χ1) is 16.5. The first kappa shape index (κ1) is 21.9. The zero-order valence-corrected chi connectivity index (χ0v) is 19.4. The number of thioether (sulfide) groups is 1. The highest BCUT2D eigenvalue weighted by atomic mass is 35.5. The Hall–Kier alpha value is -3.89. The van der Waals surface area contributed by atoms with Crippen molar-refractivity contribution in [1.29, 1.82) is 0 Å². The largest absolute Gasteiger partial charge is 0.465 e. The number of anilines is 1. The second-order valence-electron chi connectivity index (χ2n) is 7.21. The van der Waals surface area contributed by atoms with Crippen LogP contribution in [0.5, 0.6) is 0 Å². The van der Waals surface area contributed by atoms with Crippen LogP contribution >= 0.6 is 23.4 Å². The van der Waals surface area contributed by atoms with E-state index in [1.807, 2.05) is 40.9 Å². The highest BCUT2D eigenvalue weighted by Crippen LogP contribution is 2.25. The normalized spacial score (nSPS) is 11.1. The van der Waals surface area contributed by atoms with Crippen molar-refractivity contribution in [3.05, 3.63) is 77.6 Å². The van der Waals surface area contributed by atoms with Crippen LogP contribution in [-0.4, -0.2) is 49.0 Å². The Morgan fingerprint density at radius 2 is 1.88 bits per heavy atom. The molecule has 0 aliphatic carbocycles. The third-order valence-electron chi connectivity index (χ3n) is 5.07. The van der Waals surface area contributed by atoms with Crippen LogP contribution in [0.25, 0.3) is 22.4 Å². The van der Waals surface area contributed by atoms with Crippen LogP contribution < -0.4 is 5.32 Å². The van der Waals surface area contributed by atoms with Crippen LogP contribution in [0.3, 0.4) is 0 Å². The number of nitrogens with one attached hydrogen (secondary N) is 1. The molecule has 0 saturated heterocycles. The molecule has 1 N–H and O–H groups in total. The summed E-state index contributed by atoms with van der Waals surface area (Å²) >= 11 is 7.22. The summed E-state index contributed by atoms with van der Waals surface area (Å²) in [4.78, 5) is 24.4. The first-order valence-corrected chi connectivity index (χ1v) is 11.5. The average molecular weight is 493 g/mol. The van der Waals surface area contributed by atoms with Gasteiger partial charge in [-0.05, 0) is 30.3 Å². The highest BCUT2D eigenvalue weighted by molar-refractivity contribution is 7.99. The van der Waals surface area contributed by atoms with E-state index in [0.29, 0.717) is 21.5 Å². The number of carbonyl (C=O) groups excluding carboxylic acids is 2. The summed E-state index contributed by atoms with van der Waals surface area (Å²) in [5.74, 6) is -0.722. The molecule has 0 aliphatic rings. The van der Waals surface area contributed by atoms with Gasteiger partial charge in [0.2, 0.25) is 5.91 Å². The quantitative estimate of drug-likeness (QED) is 0.279. The fourth-order valence-electron chi connectivity index (χ4n) is 3.45. The monoisotopic (exact) mass is 492 g/mol. The van der Waals surface area contributed by atoms with E-state index in [1.54, 1.807) is 35.0 Å². The lowest BCUT2D eigenvalue weighted by molar-refractivity contribution is -0.113. The van der Waals surface area contributed by atoms with Gasteiger partial charge in [-0.2, -0.15) is 5.10 Å². The lowest BCUT2D eigenvalue weighted by atomic mass is 10.1. The first-order valence-electron chi connectivity index (χ1n) is 10.1. The maximum absolute atomic E-state index is 12.5. The SMILES string of the molecule is COC(=O)c1ccccc1NC(=O)CSc1nnc2c3cc(-c4ccc(Cl)cc4)nn3ccn12. The molecule has 3 aromatic heterocycles. The molecule has 0 spiro atoms. The van der Waals surface area contributed by atoms with E-state index >= 15 is 0 Å². The Morgan fingerprint density at radius 1 is 1.09 bits per heavy atom. The number of methoxy groups -OCH3 is 1. The van der Waals surface area contributed by atoms with Gasteiger partial charge in [0.1, 0.15) is 5.52 Å². The van der Waals surface area contributed by atoms with Crippen molar-refractivity contribution < 1.29 is 14.3 Å². The number of nitrogens with zero attached hydrogens (tertiary/aromatic N) is 5. The van der Waals surface area contributed by atoms with Gasteiger partial charge in [0.15, 0.2) is 10.8 Å². The van der Waals surface area contributed by atoms with Gasteiger partial charge < -0.3 is 10.1 Å². The van der Waals surface area contributed by atoms with Crippen LogP contribution in [0.2, 0.25) is 5.02 Å². The van der Waals surface area contributed by atoms with Gasteiger partial charge in [0.25, 0.3) is 0 Å². The number of amides is 1. The molecule has 0 unspecified atom stereocenters. The molecule has 0 saturated carbocycles. The number of fused-ring (bicyclic) bond motifs is 3. The Kier molecular flexibility index (Phi) is 5.91. The van der Waals surface area contributed by atoms with Crippen LogP contribution in [0.1, 0.15) is 10.4 Å². The third kappa shape index (κ3) is 4.20. The molecule has 0 atom stereocenters. The van der Waals surface area contributed by atoms with Crippen molar-refractivity contribution in [3.8, 4) is 11.3 Å². The molecule has 0 aliphatic heterocycles. The van der Waals surface area contributed by atoms with Crippen molar-refractivity contribution >= 4 is 52.1 Å². The summed E-state index contributed by atoms with van der Waals surface area (Å²) in [6.45, 7) is 0. The molecular formula is C23H17ClN6O3S. The smallest absolute Gasteiger partial charge is 0.339 e. The number of aromatic nitrogens is 5. The fraction of sp³-hybridized carbons (Fsp3) is 0.0870. The van der Waals surface area contributed by atoms with E-state index in [4.69, 9.17) is 16.3 Å². The number of hydrogen-bond acceptors (Lipinski definition) is 7. The number of hydrogen-bond donors (Lipinski definition) is 1. The predicted molar refractivity (Wildman–Crippen MR) is 129 cm³/mol. The topological polar surface area (TPSA) is 103 Å². The van der Waals surface area contributed by atoms with Crippen LogP contribution in [-0.2, 0) is 9.53 Å². The number of carbonyl (C=O) groups is 2. The Balaban J connectivity index is 1.35. The molecule has 0 fully saturated rings. The molecule has 1 amide bonds. The van der Waals surface area contributed by atoms with Gasteiger partial charge in [-0.25, -0.2) is 9.31 Å². The van der Waals surface area contributed by atoms with E-state index in [1.165, 1.54) is 18.9 Å². The molecule has 5 aromatic rings. The maximum Gasteiger partial charge on any atom is 0.339 e. The van der Waals surface area contributed by atoms with Gasteiger partial charge in [-0.15, -0.1) is 10.2 Å². The number of rotatable bonds is 6. The lowest BCUT2D eigenvalue weighted by Gasteiger charge is -2.09. The number of halogens is 1. The molecule has 2 aromatic carbocycles. The van der Waals surface area contributed by atoms with Gasteiger partial charge in [-0.1, -0.05) is 47.6 Å². The van der Waals surface area contributed by atoms with Crippen LogP contribution in [0.15, 0.2) is 72.1 Å². The predicted octanol–water partition coefficient (Wildman–Crippen LogP) is 4.21. The second-order valence-corrected chi connectivity index (χ2v) is 8.59. The highest BCUT2D eigenvalue weighted by Gasteiger charge is 2.16. The van der Waals surface area contributed by atoms with Gasteiger partial charge in [0.05, 0.1) is 29.8 Å². The van der Waals surface area contributed by atoms with E-state index in [-0.39, 0.29) is 17.2 Å². The van der Waals surface area contributed by atoms with Gasteiger partial charge in [0, 0.05) is 23.0 Å². The number of esters is 1. The molecule has 5 rings (SSSR count). The zero-order valence-electron chi connectivity index (χ0n) is 17.8. The fourth-order valence-corrected chi connectivity index (χ4v) is 4.29. The number of benzene rings is 2. The second kappa shape index (κ2) is 9.16. The Bertz CT molecular complexity index is 1530. The lowest BCUT2D eigenvalue weighted by Crippen LogP contribution is -2.17. The standard InChI is InChI=1S/C23H17ClN6O3S/c1-33-22(32)16-4-2-3-5-17(16)25-20(31)13-34-23-27-26-21-19-12-18(14-6-8-15(24)9-7-14)28-30(19)11-10-29(21)23/h2-12H,13H2,1H3,(H,25,31). The van der Waals surface area contributed by atoms with Crippen molar-refractivity contribution in [2.75, 3.05) is 18.2 Å². The van der Waals surface area contributed by atoms with E-state index < -0.39 is 5.97 Å². The molecule has 9 nitrogen and oxygen atoms in total. The Labute approximate surface area is 202 Å². The van der Waals surface area contributed by atoms with Crippen molar-refractivity contribution in [2.45, 2.75) is 5.16 Å². The zero-order chi connectivity index (χ0) is 23.7. The molecule has 3 heterocycles. The maximum atomic E-state index is 12.5. The average Bonchev–Trinajstić information content (AvgIpc) is 3.47. The summed E-state index contributed by atoms with van der Waals surface area (Å²) < 4.78 is 8.31. The molecule has 0 radical (unpaired) electrons. The van der Waals surface area contributed by atoms with E-state index in [2.05, 4.69) is 20.6 Å². The number of para-hydroxylation sites is 1. The summed E-state index contributed by atoms with van der Waals surface area (Å²) in [6.07, 6.45) is 3.61. The van der Waals surface area contributed by atoms with Crippen LogP contribution in [0, 0.1) is 0 Å². The minimum absolute atomic E-state index is 0.0801. The van der Waals surface area contributed by atoms with Crippen molar-refractivity contribution in [2.24, 2.45) is 0 Å². The van der Waals surface area contributed by atoms with E-state index in [9.17, 15) is 9.59 Å². The summed E-state index contributed by atoms with van der Waals surface area (Å²) in [5.41, 5.74) is 3.80. The van der Waals surface area contributed by atoms with Crippen molar-refractivity contribution in [1.82, 2.24) is 24.2 Å². The molecule has 34 heavy (non-hydrogen) atoms. The molecule has 11 heteroatoms. The summed E-state index contributed by atoms with van der Waals surface area (Å²) in [6, 6.07) is 16.1. The third-order valence-corrected chi connectivity index (χ3v) is 6.26. The number of ether oxygens (including phenoxy) is 1. The van der Waals surface area contributed by atoms with Gasteiger partial charge in [-0.3, -0.25) is 9.20 Å². The van der Waals surface area contributed by atoms with Crippen molar-refractivity contribution in [3.63, 3.8) is 0 Å². The summed E-state index contributed by atoms with van der Waals surface area (Å²) in [7, 11) is 1.29. The Morgan fingerprint density at radius 3 is 2.68 bits per heavy atom. The minimum atomic E-state index is -0.519. The van der Waals surface area contributed by atoms with Crippen LogP contribution in [0.4, 0.5) is 5.69 Å².